The summed E-state index contributed by atoms with van der Waals surface area (Å²) in [4.78, 5) is 16.5. The van der Waals surface area contributed by atoms with Crippen molar-refractivity contribution >= 4 is 27.5 Å². The van der Waals surface area contributed by atoms with E-state index in [9.17, 15) is 4.79 Å². The van der Waals surface area contributed by atoms with Crippen molar-refractivity contribution in [1.82, 2.24) is 4.98 Å². The first-order valence-corrected chi connectivity index (χ1v) is 6.77. The van der Waals surface area contributed by atoms with Crippen LogP contribution < -0.4 is 0 Å². The second-order valence-corrected chi connectivity index (χ2v) is 6.34. The minimum atomic E-state index is -0.456. The van der Waals surface area contributed by atoms with Crippen molar-refractivity contribution < 1.29 is 9.53 Å². The van der Waals surface area contributed by atoms with Crippen LogP contribution in [0, 0.1) is 0 Å². The molecule has 0 aliphatic rings. The number of aromatic nitrogens is 1. The number of benzene rings is 1. The van der Waals surface area contributed by atoms with E-state index < -0.39 is 5.60 Å². The summed E-state index contributed by atoms with van der Waals surface area (Å²) < 4.78 is 6.48. The van der Waals surface area contributed by atoms with Gasteiger partial charge >= 0.3 is 5.97 Å². The maximum absolute atomic E-state index is 12.0. The predicted molar refractivity (Wildman–Crippen MR) is 73.9 cm³/mol. The average Bonchev–Trinajstić information content (AvgIpc) is 2.68. The summed E-state index contributed by atoms with van der Waals surface area (Å²) in [6.07, 6.45) is 0. The third-order valence-corrected chi connectivity index (χ3v) is 3.66. The van der Waals surface area contributed by atoms with Crippen LogP contribution in [-0.2, 0) is 9.53 Å². The van der Waals surface area contributed by atoms with Crippen molar-refractivity contribution in [3.05, 3.63) is 29.3 Å². The number of carbonyl (C=O) groups is 1. The standard InChI is InChI=1S/C14H17NO2S/c1-9(13(16)17-14(2,3)4)12-15-10-7-5-6-8-11(10)18-12/h5-9H,1-4H3. The van der Waals surface area contributed by atoms with Gasteiger partial charge in [0.05, 0.1) is 10.2 Å². The Kier molecular flexibility index (Phi) is 3.39. The monoisotopic (exact) mass is 263 g/mol. The molecule has 0 aliphatic carbocycles. The molecule has 96 valence electrons. The predicted octanol–water partition coefficient (Wildman–Crippen LogP) is 3.74. The van der Waals surface area contributed by atoms with Crippen molar-refractivity contribution in [2.75, 3.05) is 0 Å². The first-order valence-electron chi connectivity index (χ1n) is 5.95. The molecule has 3 nitrogen and oxygen atoms in total. The maximum Gasteiger partial charge on any atom is 0.316 e. The fraction of sp³-hybridized carbons (Fsp3) is 0.429. The normalized spacial score (nSPS) is 13.6. The molecule has 2 aromatic rings. The third-order valence-electron chi connectivity index (χ3n) is 2.44. The van der Waals surface area contributed by atoms with E-state index in [0.29, 0.717) is 0 Å². The van der Waals surface area contributed by atoms with Crippen LogP contribution in [0.15, 0.2) is 24.3 Å². The first-order chi connectivity index (χ1) is 8.37. The van der Waals surface area contributed by atoms with Gasteiger partial charge in [-0.15, -0.1) is 11.3 Å². The number of esters is 1. The number of para-hydroxylation sites is 1. The van der Waals surface area contributed by atoms with E-state index in [-0.39, 0.29) is 11.9 Å². The number of rotatable bonds is 2. The number of fused-ring (bicyclic) bond motifs is 1. The Morgan fingerprint density at radius 3 is 2.61 bits per heavy atom. The lowest BCUT2D eigenvalue weighted by atomic mass is 10.1. The Hall–Kier alpha value is -1.42. The van der Waals surface area contributed by atoms with Gasteiger partial charge in [-0.2, -0.15) is 0 Å². The number of ether oxygens (including phenoxy) is 1. The van der Waals surface area contributed by atoms with Crippen molar-refractivity contribution in [2.24, 2.45) is 0 Å². The molecule has 1 heterocycles. The van der Waals surface area contributed by atoms with Gasteiger partial charge in [0.1, 0.15) is 16.5 Å². The summed E-state index contributed by atoms with van der Waals surface area (Å²) in [5.41, 5.74) is 0.482. The minimum absolute atomic E-state index is 0.221. The molecular formula is C14H17NO2S. The maximum atomic E-state index is 12.0. The summed E-state index contributed by atoms with van der Waals surface area (Å²) in [5, 5.41) is 0.811. The Balaban J connectivity index is 2.23. The molecule has 0 saturated heterocycles. The van der Waals surface area contributed by atoms with Gasteiger partial charge in [0.15, 0.2) is 0 Å². The van der Waals surface area contributed by atoms with Gasteiger partial charge in [-0.1, -0.05) is 12.1 Å². The minimum Gasteiger partial charge on any atom is -0.459 e. The zero-order valence-corrected chi connectivity index (χ0v) is 11.9. The molecule has 1 unspecified atom stereocenters. The summed E-state index contributed by atoms with van der Waals surface area (Å²) in [5.74, 6) is -0.539. The zero-order valence-electron chi connectivity index (χ0n) is 11.1. The molecule has 0 saturated carbocycles. The molecule has 4 heteroatoms. The average molecular weight is 263 g/mol. The Morgan fingerprint density at radius 2 is 2.00 bits per heavy atom. The van der Waals surface area contributed by atoms with Gasteiger partial charge < -0.3 is 4.74 Å². The third kappa shape index (κ3) is 2.88. The smallest absolute Gasteiger partial charge is 0.316 e. The Bertz CT molecular complexity index is 535. The van der Waals surface area contributed by atoms with E-state index in [1.54, 1.807) is 11.3 Å². The number of carbonyl (C=O) groups excluding carboxylic acids is 1. The highest BCUT2D eigenvalue weighted by molar-refractivity contribution is 7.18. The summed E-state index contributed by atoms with van der Waals surface area (Å²) >= 11 is 1.55. The SMILES string of the molecule is CC(C(=O)OC(C)(C)C)c1nc2ccccc2s1. The molecule has 1 aromatic carbocycles. The summed E-state index contributed by atoms with van der Waals surface area (Å²) in [6.45, 7) is 7.45. The summed E-state index contributed by atoms with van der Waals surface area (Å²) in [6, 6.07) is 7.89. The molecule has 0 fully saturated rings. The number of nitrogens with zero attached hydrogens (tertiary/aromatic N) is 1. The van der Waals surface area contributed by atoms with Crippen molar-refractivity contribution in [2.45, 2.75) is 39.2 Å². The highest BCUT2D eigenvalue weighted by Gasteiger charge is 2.25. The van der Waals surface area contributed by atoms with Gasteiger partial charge in [-0.25, -0.2) is 4.98 Å². The van der Waals surface area contributed by atoms with E-state index in [1.807, 2.05) is 52.0 Å². The van der Waals surface area contributed by atoms with Gasteiger partial charge in [-0.3, -0.25) is 4.79 Å². The second-order valence-electron chi connectivity index (χ2n) is 5.27. The van der Waals surface area contributed by atoms with E-state index in [1.165, 1.54) is 0 Å². The van der Waals surface area contributed by atoms with E-state index in [4.69, 9.17) is 4.74 Å². The van der Waals surface area contributed by atoms with Crippen LogP contribution in [0.4, 0.5) is 0 Å². The number of hydrogen-bond donors (Lipinski definition) is 0. The van der Waals surface area contributed by atoms with Gasteiger partial charge in [-0.05, 0) is 39.8 Å². The Labute approximate surface area is 111 Å². The first kappa shape index (κ1) is 13.0. The molecule has 0 radical (unpaired) electrons. The molecule has 0 N–H and O–H groups in total. The number of hydrogen-bond acceptors (Lipinski definition) is 4. The Morgan fingerprint density at radius 1 is 1.33 bits per heavy atom. The fourth-order valence-corrected chi connectivity index (χ4v) is 2.57. The van der Waals surface area contributed by atoms with Crippen LogP contribution in [0.3, 0.4) is 0 Å². The summed E-state index contributed by atoms with van der Waals surface area (Å²) in [7, 11) is 0. The van der Waals surface area contributed by atoms with Crippen molar-refractivity contribution in [1.29, 1.82) is 0 Å². The quantitative estimate of drug-likeness (QED) is 0.775. The lowest BCUT2D eigenvalue weighted by Gasteiger charge is -2.21. The van der Waals surface area contributed by atoms with E-state index in [0.717, 1.165) is 15.2 Å². The second kappa shape index (κ2) is 4.69. The molecule has 1 aromatic heterocycles. The van der Waals surface area contributed by atoms with Crippen LogP contribution in [0.25, 0.3) is 10.2 Å². The van der Waals surface area contributed by atoms with Gasteiger partial charge in [0.2, 0.25) is 0 Å². The largest absolute Gasteiger partial charge is 0.459 e. The molecule has 0 aliphatic heterocycles. The van der Waals surface area contributed by atoms with Crippen LogP contribution in [0.1, 0.15) is 38.6 Å². The van der Waals surface area contributed by atoms with Crippen LogP contribution in [-0.4, -0.2) is 16.6 Å². The van der Waals surface area contributed by atoms with Crippen molar-refractivity contribution in [3.8, 4) is 0 Å². The molecule has 0 spiro atoms. The lowest BCUT2D eigenvalue weighted by molar-refractivity contribution is -0.156. The molecule has 0 amide bonds. The molecular weight excluding hydrogens is 246 g/mol. The van der Waals surface area contributed by atoms with Crippen molar-refractivity contribution in [3.63, 3.8) is 0 Å². The fourth-order valence-electron chi connectivity index (χ4n) is 1.57. The zero-order chi connectivity index (χ0) is 13.3. The molecule has 18 heavy (non-hydrogen) atoms. The van der Waals surface area contributed by atoms with E-state index in [2.05, 4.69) is 4.98 Å². The molecule has 0 bridgehead atoms. The molecule has 2 rings (SSSR count). The highest BCUT2D eigenvalue weighted by atomic mass is 32.1. The molecule has 1 atom stereocenters. The van der Waals surface area contributed by atoms with E-state index >= 15 is 0 Å². The van der Waals surface area contributed by atoms with Crippen LogP contribution >= 0.6 is 11.3 Å². The highest BCUT2D eigenvalue weighted by Crippen LogP contribution is 2.28. The van der Waals surface area contributed by atoms with Crippen LogP contribution in [0.2, 0.25) is 0 Å². The number of thiazole rings is 1. The topological polar surface area (TPSA) is 39.2 Å². The van der Waals surface area contributed by atoms with Gasteiger partial charge in [0.25, 0.3) is 0 Å². The lowest BCUT2D eigenvalue weighted by Crippen LogP contribution is -2.26. The van der Waals surface area contributed by atoms with Crippen LogP contribution in [0.5, 0.6) is 0 Å². The van der Waals surface area contributed by atoms with Gasteiger partial charge in [0, 0.05) is 0 Å².